The number of carbonyl (C=O) groups is 2. The third-order valence-electron chi connectivity index (χ3n) is 5.73. The zero-order valence-electron chi connectivity index (χ0n) is 18.7. The number of esters is 1. The molecule has 1 amide bonds. The van der Waals surface area contributed by atoms with Gasteiger partial charge in [0.05, 0.1) is 12.2 Å². The summed E-state index contributed by atoms with van der Waals surface area (Å²) in [6.07, 6.45) is 3.48. The van der Waals surface area contributed by atoms with Crippen molar-refractivity contribution in [2.75, 3.05) is 30.5 Å². The fraction of sp³-hybridized carbons (Fsp3) is 0.360. The van der Waals surface area contributed by atoms with Crippen LogP contribution < -0.4 is 10.6 Å². The number of nitrogens with one attached hydrogen (secondary N) is 2. The molecule has 0 saturated heterocycles. The minimum absolute atomic E-state index is 0.211. The van der Waals surface area contributed by atoms with Crippen LogP contribution >= 0.6 is 11.8 Å². The predicted molar refractivity (Wildman–Crippen MR) is 128 cm³/mol. The number of hydrogen-bond acceptors (Lipinski definition) is 6. The summed E-state index contributed by atoms with van der Waals surface area (Å²) in [7, 11) is 0. The van der Waals surface area contributed by atoms with Crippen molar-refractivity contribution in [1.29, 1.82) is 0 Å². The molecule has 2 aromatic carbocycles. The highest BCUT2D eigenvalue weighted by Crippen LogP contribution is 2.41. The summed E-state index contributed by atoms with van der Waals surface area (Å²) < 4.78 is 24.9. The van der Waals surface area contributed by atoms with Gasteiger partial charge in [0.1, 0.15) is 24.2 Å². The van der Waals surface area contributed by atoms with E-state index in [1.165, 1.54) is 12.1 Å². The van der Waals surface area contributed by atoms with Crippen LogP contribution in [0.15, 0.2) is 36.4 Å². The number of fused-ring (bicyclic) bond motifs is 2. The fourth-order valence-electron chi connectivity index (χ4n) is 4.12. The quantitative estimate of drug-likeness (QED) is 0.426. The van der Waals surface area contributed by atoms with Gasteiger partial charge in [-0.05, 0) is 62.1 Å². The molecule has 0 aliphatic carbocycles. The molecule has 0 saturated carbocycles. The second-order valence-electron chi connectivity index (χ2n) is 7.92. The molecular weight excluding hydrogens is 443 g/mol. The molecule has 2 aliphatic rings. The lowest BCUT2D eigenvalue weighted by molar-refractivity contribution is -0.145. The van der Waals surface area contributed by atoms with E-state index in [0.717, 1.165) is 35.3 Å². The van der Waals surface area contributed by atoms with Crippen LogP contribution in [0.4, 0.5) is 10.1 Å². The maximum Gasteiger partial charge on any atom is 0.323 e. The van der Waals surface area contributed by atoms with E-state index in [-0.39, 0.29) is 17.9 Å². The van der Waals surface area contributed by atoms with E-state index in [9.17, 15) is 14.0 Å². The van der Waals surface area contributed by atoms with Crippen molar-refractivity contribution in [3.05, 3.63) is 64.5 Å². The average molecular weight is 471 g/mol. The Kier molecular flexibility index (Phi) is 7.35. The number of hydrogen-bond donors (Lipinski definition) is 2. The average Bonchev–Trinajstić information content (AvgIpc) is 3.35. The minimum Gasteiger partial charge on any atom is -0.487 e. The van der Waals surface area contributed by atoms with Crippen molar-refractivity contribution < 1.29 is 23.5 Å². The van der Waals surface area contributed by atoms with Gasteiger partial charge in [-0.1, -0.05) is 18.2 Å². The Hall–Kier alpha value is -2.84. The van der Waals surface area contributed by atoms with Crippen LogP contribution in [0.3, 0.4) is 0 Å². The molecule has 2 heterocycles. The Bertz CT molecular complexity index is 1100. The van der Waals surface area contributed by atoms with Gasteiger partial charge in [-0.15, -0.1) is 0 Å². The highest BCUT2D eigenvalue weighted by molar-refractivity contribution is 7.98. The van der Waals surface area contributed by atoms with Gasteiger partial charge < -0.3 is 20.1 Å². The third-order valence-corrected chi connectivity index (χ3v) is 6.37. The lowest BCUT2D eigenvalue weighted by Gasteiger charge is -2.17. The van der Waals surface area contributed by atoms with Gasteiger partial charge in [0.2, 0.25) is 0 Å². The molecule has 0 radical (unpaired) electrons. The zero-order valence-corrected chi connectivity index (χ0v) is 19.5. The van der Waals surface area contributed by atoms with E-state index in [4.69, 9.17) is 9.47 Å². The molecule has 0 aromatic heterocycles. The van der Waals surface area contributed by atoms with E-state index in [2.05, 4.69) is 16.7 Å². The van der Waals surface area contributed by atoms with Crippen LogP contribution in [0.1, 0.15) is 35.6 Å². The van der Waals surface area contributed by atoms with Gasteiger partial charge in [0.25, 0.3) is 5.91 Å². The Morgan fingerprint density at radius 3 is 2.91 bits per heavy atom. The van der Waals surface area contributed by atoms with Gasteiger partial charge >= 0.3 is 5.97 Å². The van der Waals surface area contributed by atoms with Crippen molar-refractivity contribution in [2.24, 2.45) is 0 Å². The molecule has 0 spiro atoms. The maximum atomic E-state index is 13.8. The molecule has 33 heavy (non-hydrogen) atoms. The van der Waals surface area contributed by atoms with Gasteiger partial charge in [-0.3, -0.25) is 9.59 Å². The molecule has 2 aromatic rings. The van der Waals surface area contributed by atoms with E-state index in [0.29, 0.717) is 42.3 Å². The molecule has 1 unspecified atom stereocenters. The third kappa shape index (κ3) is 5.07. The summed E-state index contributed by atoms with van der Waals surface area (Å²) in [5.41, 5.74) is 4.40. The Labute approximate surface area is 196 Å². The van der Waals surface area contributed by atoms with Gasteiger partial charge in [0, 0.05) is 22.4 Å². The normalized spacial score (nSPS) is 17.2. The van der Waals surface area contributed by atoms with Crippen LogP contribution in [0.5, 0.6) is 0 Å². The van der Waals surface area contributed by atoms with Crippen molar-refractivity contribution >= 4 is 40.7 Å². The Balaban J connectivity index is 1.47. The molecule has 2 aliphatic heterocycles. The van der Waals surface area contributed by atoms with E-state index >= 15 is 0 Å². The number of amides is 1. The monoisotopic (exact) mass is 470 g/mol. The first-order valence-corrected chi connectivity index (χ1v) is 12.4. The van der Waals surface area contributed by atoms with Crippen LogP contribution in [-0.4, -0.2) is 43.1 Å². The number of halogens is 1. The summed E-state index contributed by atoms with van der Waals surface area (Å²) in [6, 6.07) is 9.93. The molecule has 174 valence electrons. The number of rotatable bonds is 9. The first-order valence-electron chi connectivity index (χ1n) is 11.0. The number of benzene rings is 2. The second-order valence-corrected chi connectivity index (χ2v) is 8.90. The molecule has 1 atom stereocenters. The Morgan fingerprint density at radius 1 is 1.27 bits per heavy atom. The van der Waals surface area contributed by atoms with Gasteiger partial charge in [-0.25, -0.2) is 4.39 Å². The second kappa shape index (κ2) is 10.4. The molecular formula is C25H27FN2O4S. The first kappa shape index (κ1) is 23.3. The zero-order chi connectivity index (χ0) is 23.4. The smallest absolute Gasteiger partial charge is 0.323 e. The van der Waals surface area contributed by atoms with Crippen molar-refractivity contribution in [3.63, 3.8) is 0 Å². The van der Waals surface area contributed by atoms with Gasteiger partial charge in [-0.2, -0.15) is 11.8 Å². The van der Waals surface area contributed by atoms with Crippen molar-refractivity contribution in [2.45, 2.75) is 32.4 Å². The minimum atomic E-state index is -0.400. The van der Waals surface area contributed by atoms with E-state index in [1.54, 1.807) is 17.8 Å². The molecule has 6 nitrogen and oxygen atoms in total. The number of thioether (sulfide) groups is 1. The van der Waals surface area contributed by atoms with Crippen LogP contribution in [-0.2, 0) is 32.1 Å². The Morgan fingerprint density at radius 2 is 2.12 bits per heavy atom. The highest BCUT2D eigenvalue weighted by Gasteiger charge is 2.32. The van der Waals surface area contributed by atoms with Crippen molar-refractivity contribution in [3.8, 4) is 0 Å². The van der Waals surface area contributed by atoms with E-state index < -0.39 is 5.82 Å². The molecule has 2 N–H and O–H groups in total. The van der Waals surface area contributed by atoms with E-state index in [1.807, 2.05) is 25.3 Å². The number of ether oxygens (including phenoxy) is 2. The number of carbonyl (C=O) groups excluding carboxylic acids is 2. The molecule has 0 fully saturated rings. The standard InChI is InChI=1S/C25H27FN2O4S/c1-3-31-25(30)21(9-11-33-2)27-10-8-15-4-6-18-16(12-15)14-32-23(18)22-19-13-17(26)5-7-20(19)28-24(22)29/h4-7,12-13,21,27H,3,8-11,14H2,1-2H3,(H,28,29). The van der Waals surface area contributed by atoms with Crippen LogP contribution in [0.2, 0.25) is 0 Å². The highest BCUT2D eigenvalue weighted by atomic mass is 32.2. The van der Waals surface area contributed by atoms with Crippen LogP contribution in [0, 0.1) is 5.82 Å². The topological polar surface area (TPSA) is 76.7 Å². The lowest BCUT2D eigenvalue weighted by Crippen LogP contribution is -2.39. The summed E-state index contributed by atoms with van der Waals surface area (Å²) in [5.74, 6) is 0.461. The summed E-state index contributed by atoms with van der Waals surface area (Å²) in [6.45, 7) is 3.17. The lowest BCUT2D eigenvalue weighted by atomic mass is 9.98. The summed E-state index contributed by atoms with van der Waals surface area (Å²) in [5, 5.41) is 6.09. The maximum absolute atomic E-state index is 13.8. The number of anilines is 1. The SMILES string of the molecule is CCOC(=O)C(CCSC)NCCc1ccc2c(c1)COC2=C1C(=O)Nc2ccc(F)cc21. The molecule has 8 heteroatoms. The summed E-state index contributed by atoms with van der Waals surface area (Å²) in [4.78, 5) is 24.7. The first-order chi connectivity index (χ1) is 16.0. The van der Waals surface area contributed by atoms with Crippen LogP contribution in [0.25, 0.3) is 11.3 Å². The molecule has 4 rings (SSSR count). The molecule has 0 bridgehead atoms. The fourth-order valence-corrected chi connectivity index (χ4v) is 4.59. The summed E-state index contributed by atoms with van der Waals surface area (Å²) >= 11 is 1.70. The van der Waals surface area contributed by atoms with Crippen molar-refractivity contribution in [1.82, 2.24) is 5.32 Å². The predicted octanol–water partition coefficient (Wildman–Crippen LogP) is 3.99. The largest absolute Gasteiger partial charge is 0.487 e. The van der Waals surface area contributed by atoms with Gasteiger partial charge in [0.15, 0.2) is 0 Å².